The molecule has 0 aliphatic rings. The molecule has 8 nitrogen and oxygen atoms in total. The number of sulfonamides is 1. The summed E-state index contributed by atoms with van der Waals surface area (Å²) in [5, 5.41) is 4.14. The van der Waals surface area contributed by atoms with E-state index < -0.39 is 22.1 Å². The summed E-state index contributed by atoms with van der Waals surface area (Å²) >= 11 is 6.03. The molecule has 1 N–H and O–H groups in total. The third kappa shape index (κ3) is 5.78. The van der Waals surface area contributed by atoms with Crippen molar-refractivity contribution in [2.45, 2.75) is 31.4 Å². The van der Waals surface area contributed by atoms with Gasteiger partial charge in [-0.05, 0) is 61.4 Å². The van der Waals surface area contributed by atoms with Crippen molar-refractivity contribution < 1.29 is 26.9 Å². The SMILES string of the molecule is Cc1ccc(-c2nc(-c3ccc(CC(NS(=O)(=O)c4ccc(C)c(Cl)c4)OC=O)cc3F)no2)cc1. The number of aryl methyl sites for hydroxylation is 2. The normalized spacial score (nSPS) is 12.3. The Hall–Kier alpha value is -3.60. The Balaban J connectivity index is 1.52. The fraction of sp³-hybridized carbons (Fsp3) is 0.160. The minimum atomic E-state index is -4.07. The molecule has 4 rings (SSSR count). The van der Waals surface area contributed by atoms with Crippen molar-refractivity contribution in [3.05, 3.63) is 88.2 Å². The van der Waals surface area contributed by atoms with E-state index >= 15 is 0 Å². The number of rotatable bonds is 9. The lowest BCUT2D eigenvalue weighted by molar-refractivity contribution is -0.133. The van der Waals surface area contributed by atoms with Gasteiger partial charge in [-0.3, -0.25) is 4.79 Å². The summed E-state index contributed by atoms with van der Waals surface area (Å²) in [6.07, 6.45) is -1.41. The summed E-state index contributed by atoms with van der Waals surface area (Å²) < 4.78 is 52.9. The number of nitrogens with one attached hydrogen (secondary N) is 1. The van der Waals surface area contributed by atoms with Crippen LogP contribution in [0, 0.1) is 19.7 Å². The minimum absolute atomic E-state index is 0.0623. The van der Waals surface area contributed by atoms with E-state index in [9.17, 15) is 17.6 Å². The lowest BCUT2D eigenvalue weighted by atomic mass is 10.1. The Morgan fingerprint density at radius 3 is 2.53 bits per heavy atom. The molecule has 1 heterocycles. The largest absolute Gasteiger partial charge is 0.447 e. The Bertz CT molecular complexity index is 1510. The zero-order valence-corrected chi connectivity index (χ0v) is 20.8. The molecular weight excluding hydrogens is 509 g/mol. The summed E-state index contributed by atoms with van der Waals surface area (Å²) in [5.74, 6) is -0.340. The van der Waals surface area contributed by atoms with E-state index in [1.54, 1.807) is 19.1 Å². The second-order valence-electron chi connectivity index (χ2n) is 8.06. The van der Waals surface area contributed by atoms with Crippen LogP contribution in [0.5, 0.6) is 0 Å². The highest BCUT2D eigenvalue weighted by Crippen LogP contribution is 2.26. The maximum atomic E-state index is 14.9. The third-order valence-electron chi connectivity index (χ3n) is 5.38. The Kier molecular flexibility index (Phi) is 7.48. The Morgan fingerprint density at radius 1 is 1.11 bits per heavy atom. The van der Waals surface area contributed by atoms with E-state index in [1.165, 1.54) is 24.3 Å². The van der Waals surface area contributed by atoms with Crippen molar-refractivity contribution in [3.8, 4) is 22.8 Å². The molecule has 3 aromatic carbocycles. The number of hydrogen-bond acceptors (Lipinski definition) is 7. The molecule has 1 aromatic heterocycles. The smallest absolute Gasteiger partial charge is 0.294 e. The lowest BCUT2D eigenvalue weighted by Crippen LogP contribution is -2.38. The first-order chi connectivity index (χ1) is 17.2. The molecule has 4 aromatic rings. The molecule has 1 atom stereocenters. The van der Waals surface area contributed by atoms with Crippen molar-refractivity contribution in [1.82, 2.24) is 14.9 Å². The lowest BCUT2D eigenvalue weighted by Gasteiger charge is -2.17. The van der Waals surface area contributed by atoms with Crippen LogP contribution in [0.1, 0.15) is 16.7 Å². The van der Waals surface area contributed by atoms with Crippen LogP contribution in [0.4, 0.5) is 4.39 Å². The standard InChI is InChI=1S/C25H21ClFN3O5S/c1-15-3-7-18(8-4-15)25-28-24(29-35-25)20-10-6-17(11-22(20)27)12-23(34-14-31)30-36(32,33)19-9-5-16(2)21(26)13-19/h3-11,13-14,23,30H,12H2,1-2H3. The molecular formula is C25H21ClFN3O5S. The number of hydrogen-bond donors (Lipinski definition) is 1. The Morgan fingerprint density at radius 2 is 1.86 bits per heavy atom. The van der Waals surface area contributed by atoms with Crippen LogP contribution in [0.2, 0.25) is 5.02 Å². The zero-order valence-electron chi connectivity index (χ0n) is 19.2. The highest BCUT2D eigenvalue weighted by molar-refractivity contribution is 7.89. The number of halogens is 2. The maximum absolute atomic E-state index is 14.9. The number of carbonyl (C=O) groups is 1. The van der Waals surface area contributed by atoms with Crippen LogP contribution in [-0.2, 0) is 26.0 Å². The first-order valence-corrected chi connectivity index (χ1v) is 12.6. The van der Waals surface area contributed by atoms with Gasteiger partial charge >= 0.3 is 0 Å². The molecule has 36 heavy (non-hydrogen) atoms. The second kappa shape index (κ2) is 10.6. The van der Waals surface area contributed by atoms with Gasteiger partial charge in [0.2, 0.25) is 15.8 Å². The molecule has 11 heteroatoms. The van der Waals surface area contributed by atoms with Gasteiger partial charge in [-0.25, -0.2) is 12.8 Å². The van der Waals surface area contributed by atoms with Crippen molar-refractivity contribution in [1.29, 1.82) is 0 Å². The van der Waals surface area contributed by atoms with Crippen LogP contribution >= 0.6 is 11.6 Å². The van der Waals surface area contributed by atoms with Crippen LogP contribution in [0.15, 0.2) is 70.1 Å². The van der Waals surface area contributed by atoms with Gasteiger partial charge in [-0.2, -0.15) is 9.71 Å². The van der Waals surface area contributed by atoms with E-state index in [1.807, 2.05) is 31.2 Å². The van der Waals surface area contributed by atoms with Gasteiger partial charge in [0.1, 0.15) is 5.82 Å². The Labute approximate surface area is 212 Å². The summed E-state index contributed by atoms with van der Waals surface area (Å²) in [4.78, 5) is 15.2. The number of carbonyl (C=O) groups excluding carboxylic acids is 1. The average molecular weight is 530 g/mol. The van der Waals surface area contributed by atoms with Crippen LogP contribution in [0.25, 0.3) is 22.8 Å². The van der Waals surface area contributed by atoms with E-state index in [0.29, 0.717) is 16.7 Å². The summed E-state index contributed by atoms with van der Waals surface area (Å²) in [7, 11) is -4.07. The van der Waals surface area contributed by atoms with Gasteiger partial charge in [0.15, 0.2) is 6.23 Å². The van der Waals surface area contributed by atoms with Crippen molar-refractivity contribution >= 4 is 28.1 Å². The van der Waals surface area contributed by atoms with Crippen LogP contribution < -0.4 is 4.72 Å². The highest BCUT2D eigenvalue weighted by Gasteiger charge is 2.23. The number of benzene rings is 3. The molecule has 0 saturated heterocycles. The van der Waals surface area contributed by atoms with E-state index in [0.717, 1.165) is 5.56 Å². The minimum Gasteiger partial charge on any atom is -0.447 e. The van der Waals surface area contributed by atoms with Crippen LogP contribution in [0.3, 0.4) is 0 Å². The fourth-order valence-electron chi connectivity index (χ4n) is 3.39. The van der Waals surface area contributed by atoms with Crippen molar-refractivity contribution in [2.75, 3.05) is 0 Å². The number of ether oxygens (including phenoxy) is 1. The summed E-state index contributed by atoms with van der Waals surface area (Å²) in [6, 6.07) is 15.9. The van der Waals surface area contributed by atoms with Crippen molar-refractivity contribution in [3.63, 3.8) is 0 Å². The first-order valence-electron chi connectivity index (χ1n) is 10.7. The van der Waals surface area contributed by atoms with Gasteiger partial charge in [0.25, 0.3) is 12.4 Å². The van der Waals surface area contributed by atoms with E-state index in [4.69, 9.17) is 20.9 Å². The molecule has 0 bridgehead atoms. The molecule has 0 fully saturated rings. The molecule has 0 radical (unpaired) electrons. The third-order valence-corrected chi connectivity index (χ3v) is 7.23. The molecule has 0 spiro atoms. The molecule has 1 unspecified atom stereocenters. The summed E-state index contributed by atoms with van der Waals surface area (Å²) in [5.41, 5.74) is 2.95. The van der Waals surface area contributed by atoms with Crippen molar-refractivity contribution in [2.24, 2.45) is 0 Å². The predicted molar refractivity (Wildman–Crippen MR) is 131 cm³/mol. The van der Waals surface area contributed by atoms with Gasteiger partial charge in [0.05, 0.1) is 10.5 Å². The maximum Gasteiger partial charge on any atom is 0.294 e. The van der Waals surface area contributed by atoms with Crippen LogP contribution in [-0.4, -0.2) is 31.3 Å². The molecule has 0 amide bonds. The number of nitrogens with zero attached hydrogens (tertiary/aromatic N) is 2. The molecule has 0 aliphatic carbocycles. The first kappa shape index (κ1) is 25.5. The summed E-state index contributed by atoms with van der Waals surface area (Å²) in [6.45, 7) is 3.81. The molecule has 0 saturated carbocycles. The molecule has 186 valence electrons. The van der Waals surface area contributed by atoms with E-state index in [2.05, 4.69) is 14.9 Å². The number of aromatic nitrogens is 2. The second-order valence-corrected chi connectivity index (χ2v) is 10.2. The predicted octanol–water partition coefficient (Wildman–Crippen LogP) is 4.83. The topological polar surface area (TPSA) is 111 Å². The van der Waals surface area contributed by atoms with Gasteiger partial charge in [-0.15, -0.1) is 0 Å². The monoisotopic (exact) mass is 529 g/mol. The average Bonchev–Trinajstić information content (AvgIpc) is 3.31. The van der Waals surface area contributed by atoms with E-state index in [-0.39, 0.29) is 40.1 Å². The van der Waals surface area contributed by atoms with Gasteiger partial charge in [-0.1, -0.05) is 46.6 Å². The molecule has 0 aliphatic heterocycles. The van der Waals surface area contributed by atoms with Gasteiger partial charge < -0.3 is 9.26 Å². The fourth-order valence-corrected chi connectivity index (χ4v) is 4.78. The quantitative estimate of drug-likeness (QED) is 0.244. The zero-order chi connectivity index (χ0) is 25.9. The highest BCUT2D eigenvalue weighted by atomic mass is 35.5. The van der Waals surface area contributed by atoms with Gasteiger partial charge in [0, 0.05) is 17.0 Å².